The van der Waals surface area contributed by atoms with E-state index in [1.165, 1.54) is 22.0 Å². The first-order chi connectivity index (χ1) is 10.1. The second-order valence-electron chi connectivity index (χ2n) is 5.77. The number of hydrogen-bond donors (Lipinski definition) is 0. The molecule has 0 atom stereocenters. The molecule has 0 aliphatic heterocycles. The van der Waals surface area contributed by atoms with E-state index in [0.29, 0.717) is 12.6 Å². The van der Waals surface area contributed by atoms with Gasteiger partial charge in [-0.15, -0.1) is 0 Å². The number of hydrogen-bond acceptors (Lipinski definition) is 1. The van der Waals surface area contributed by atoms with Gasteiger partial charge in [-0.05, 0) is 39.0 Å². The van der Waals surface area contributed by atoms with Crippen molar-refractivity contribution >= 4 is 10.9 Å². The molecule has 0 saturated carbocycles. The maximum Gasteiger partial charge on any atom is 0.119 e. The van der Waals surface area contributed by atoms with Gasteiger partial charge >= 0.3 is 0 Å². The molecule has 0 radical (unpaired) electrons. The molecule has 0 unspecified atom stereocenters. The van der Waals surface area contributed by atoms with Gasteiger partial charge in [0.05, 0.1) is 0 Å². The Morgan fingerprint density at radius 3 is 2.43 bits per heavy atom. The molecule has 0 N–H and O–H groups in total. The summed E-state index contributed by atoms with van der Waals surface area (Å²) in [6, 6.07) is 17.2. The minimum atomic E-state index is 0.447. The monoisotopic (exact) mass is 279 g/mol. The average molecular weight is 279 g/mol. The molecule has 3 aromatic rings. The number of benzene rings is 2. The fourth-order valence-electron chi connectivity index (χ4n) is 2.62. The number of para-hydroxylation sites is 1. The Morgan fingerprint density at radius 1 is 1.00 bits per heavy atom. The highest BCUT2D eigenvalue weighted by molar-refractivity contribution is 5.84. The lowest BCUT2D eigenvalue weighted by atomic mass is 10.2. The first-order valence-corrected chi connectivity index (χ1v) is 7.43. The predicted octanol–water partition coefficient (Wildman–Crippen LogP) is 5.11. The van der Waals surface area contributed by atoms with Gasteiger partial charge in [0, 0.05) is 28.7 Å². The molecule has 0 amide bonds. The quantitative estimate of drug-likeness (QED) is 0.647. The molecule has 2 aromatic carbocycles. The van der Waals surface area contributed by atoms with Gasteiger partial charge in [-0.3, -0.25) is 0 Å². The van der Waals surface area contributed by atoms with Gasteiger partial charge in [-0.1, -0.05) is 35.9 Å². The molecule has 0 fully saturated rings. The third-order valence-electron chi connectivity index (χ3n) is 3.79. The Balaban J connectivity index is 1.88. The Labute approximate surface area is 126 Å². The first kappa shape index (κ1) is 13.7. The van der Waals surface area contributed by atoms with Crippen molar-refractivity contribution in [1.29, 1.82) is 0 Å². The van der Waals surface area contributed by atoms with Crippen LogP contribution in [0.3, 0.4) is 0 Å². The van der Waals surface area contributed by atoms with Crippen LogP contribution in [0.2, 0.25) is 0 Å². The molecule has 2 heteroatoms. The molecule has 0 spiro atoms. The summed E-state index contributed by atoms with van der Waals surface area (Å²) in [5.41, 5.74) is 3.76. The molecule has 21 heavy (non-hydrogen) atoms. The van der Waals surface area contributed by atoms with E-state index in [-0.39, 0.29) is 0 Å². The van der Waals surface area contributed by atoms with Crippen molar-refractivity contribution in [3.63, 3.8) is 0 Å². The summed E-state index contributed by atoms with van der Waals surface area (Å²) in [4.78, 5) is 0. The highest BCUT2D eigenvalue weighted by atomic mass is 16.5. The summed E-state index contributed by atoms with van der Waals surface area (Å²) in [6.07, 6.45) is 2.21. The van der Waals surface area contributed by atoms with Crippen molar-refractivity contribution in [2.24, 2.45) is 0 Å². The molecule has 108 valence electrons. The van der Waals surface area contributed by atoms with Gasteiger partial charge in [0.2, 0.25) is 0 Å². The van der Waals surface area contributed by atoms with Crippen molar-refractivity contribution in [2.75, 3.05) is 0 Å². The van der Waals surface area contributed by atoms with Crippen molar-refractivity contribution < 1.29 is 4.74 Å². The van der Waals surface area contributed by atoms with Crippen LogP contribution in [-0.2, 0) is 6.61 Å². The average Bonchev–Trinajstić information content (AvgIpc) is 2.86. The second kappa shape index (κ2) is 5.65. The molecule has 0 aliphatic carbocycles. The normalized spacial score (nSPS) is 11.2. The molecular formula is C19H21NO. The molecule has 1 aromatic heterocycles. The van der Waals surface area contributed by atoms with Crippen molar-refractivity contribution in [3.8, 4) is 5.75 Å². The zero-order valence-electron chi connectivity index (χ0n) is 12.8. The summed E-state index contributed by atoms with van der Waals surface area (Å²) < 4.78 is 8.24. The minimum Gasteiger partial charge on any atom is -0.489 e. The van der Waals surface area contributed by atoms with Crippen LogP contribution in [0.4, 0.5) is 0 Å². The summed E-state index contributed by atoms with van der Waals surface area (Å²) in [7, 11) is 0. The summed E-state index contributed by atoms with van der Waals surface area (Å²) in [5.74, 6) is 0.918. The van der Waals surface area contributed by atoms with E-state index in [9.17, 15) is 0 Å². The number of aromatic nitrogens is 1. The van der Waals surface area contributed by atoms with Crippen LogP contribution in [0.25, 0.3) is 10.9 Å². The largest absolute Gasteiger partial charge is 0.489 e. The standard InChI is InChI=1S/C19H21NO/c1-14(2)20-12-16(18-6-4-5-7-19(18)20)13-21-17-10-8-15(3)9-11-17/h4-12,14H,13H2,1-3H3. The second-order valence-corrected chi connectivity index (χ2v) is 5.77. The fourth-order valence-corrected chi connectivity index (χ4v) is 2.62. The van der Waals surface area contributed by atoms with Crippen LogP contribution in [0.15, 0.2) is 54.7 Å². The zero-order valence-corrected chi connectivity index (χ0v) is 12.8. The molecule has 0 saturated heterocycles. The van der Waals surface area contributed by atoms with Crippen molar-refractivity contribution in [3.05, 3.63) is 65.9 Å². The van der Waals surface area contributed by atoms with Crippen molar-refractivity contribution in [1.82, 2.24) is 4.57 Å². The van der Waals surface area contributed by atoms with Crippen molar-refractivity contribution in [2.45, 2.75) is 33.4 Å². The van der Waals surface area contributed by atoms with E-state index < -0.39 is 0 Å². The van der Waals surface area contributed by atoms with E-state index >= 15 is 0 Å². The van der Waals surface area contributed by atoms with E-state index in [0.717, 1.165) is 5.75 Å². The lowest BCUT2D eigenvalue weighted by Gasteiger charge is -2.08. The molecule has 0 aliphatic rings. The predicted molar refractivity (Wildman–Crippen MR) is 87.8 cm³/mol. The van der Waals surface area contributed by atoms with Gasteiger partial charge in [0.1, 0.15) is 12.4 Å². The molecule has 0 bridgehead atoms. The van der Waals surface area contributed by atoms with Gasteiger partial charge in [0.15, 0.2) is 0 Å². The number of nitrogens with zero attached hydrogens (tertiary/aromatic N) is 1. The maximum atomic E-state index is 5.93. The minimum absolute atomic E-state index is 0.447. The van der Waals surface area contributed by atoms with E-state index in [1.54, 1.807) is 0 Å². The third-order valence-corrected chi connectivity index (χ3v) is 3.79. The van der Waals surface area contributed by atoms with Gasteiger partial charge in [-0.25, -0.2) is 0 Å². The van der Waals surface area contributed by atoms with Gasteiger partial charge < -0.3 is 9.30 Å². The van der Waals surface area contributed by atoms with E-state index in [1.807, 2.05) is 12.1 Å². The lowest BCUT2D eigenvalue weighted by Crippen LogP contribution is -1.98. The van der Waals surface area contributed by atoms with Crippen LogP contribution in [0.1, 0.15) is 31.0 Å². The Morgan fingerprint density at radius 2 is 1.71 bits per heavy atom. The van der Waals surface area contributed by atoms with Crippen LogP contribution in [0.5, 0.6) is 5.75 Å². The smallest absolute Gasteiger partial charge is 0.119 e. The highest BCUT2D eigenvalue weighted by Gasteiger charge is 2.10. The zero-order chi connectivity index (χ0) is 14.8. The molecular weight excluding hydrogens is 258 g/mol. The SMILES string of the molecule is Cc1ccc(OCc2cn(C(C)C)c3ccccc23)cc1. The van der Waals surface area contributed by atoms with Crippen LogP contribution < -0.4 is 4.74 Å². The van der Waals surface area contributed by atoms with Crippen LogP contribution >= 0.6 is 0 Å². The van der Waals surface area contributed by atoms with E-state index in [2.05, 4.69) is 67.9 Å². The first-order valence-electron chi connectivity index (χ1n) is 7.43. The fraction of sp³-hybridized carbons (Fsp3) is 0.263. The Hall–Kier alpha value is -2.22. The summed E-state index contributed by atoms with van der Waals surface area (Å²) in [6.45, 7) is 7.09. The highest BCUT2D eigenvalue weighted by Crippen LogP contribution is 2.25. The Kier molecular flexibility index (Phi) is 3.70. The number of rotatable bonds is 4. The van der Waals surface area contributed by atoms with Gasteiger partial charge in [-0.2, -0.15) is 0 Å². The molecule has 2 nitrogen and oxygen atoms in total. The van der Waals surface area contributed by atoms with Crippen LogP contribution in [0, 0.1) is 6.92 Å². The number of ether oxygens (including phenoxy) is 1. The molecule has 3 rings (SSSR count). The number of aryl methyl sites for hydroxylation is 1. The molecule has 1 heterocycles. The topological polar surface area (TPSA) is 14.2 Å². The maximum absolute atomic E-state index is 5.93. The summed E-state index contributed by atoms with van der Waals surface area (Å²) in [5, 5.41) is 1.28. The number of fused-ring (bicyclic) bond motifs is 1. The van der Waals surface area contributed by atoms with Gasteiger partial charge in [0.25, 0.3) is 0 Å². The third kappa shape index (κ3) is 2.80. The Bertz CT molecular complexity index is 738. The lowest BCUT2D eigenvalue weighted by molar-refractivity contribution is 0.307. The van der Waals surface area contributed by atoms with Crippen LogP contribution in [-0.4, -0.2) is 4.57 Å². The summed E-state index contributed by atoms with van der Waals surface area (Å²) >= 11 is 0. The van der Waals surface area contributed by atoms with E-state index in [4.69, 9.17) is 4.74 Å².